The summed E-state index contributed by atoms with van der Waals surface area (Å²) < 4.78 is 0.997. The third-order valence-electron chi connectivity index (χ3n) is 2.97. The Bertz CT molecular complexity index is 342. The van der Waals surface area contributed by atoms with Gasteiger partial charge in [-0.15, -0.1) is 0 Å². The molecule has 1 aliphatic carbocycles. The van der Waals surface area contributed by atoms with Crippen molar-refractivity contribution in [2.45, 2.75) is 31.7 Å². The first kappa shape index (κ1) is 12.3. The second-order valence-electron chi connectivity index (χ2n) is 4.01. The molecule has 0 aliphatic heterocycles. The summed E-state index contributed by atoms with van der Waals surface area (Å²) in [5.41, 5.74) is 0. The van der Waals surface area contributed by atoms with Crippen LogP contribution in [0.25, 0.3) is 0 Å². The van der Waals surface area contributed by atoms with Gasteiger partial charge < -0.3 is 4.90 Å². The van der Waals surface area contributed by atoms with E-state index in [4.69, 9.17) is 0 Å². The van der Waals surface area contributed by atoms with Crippen LogP contribution >= 0.6 is 31.9 Å². The normalized spacial score (nSPS) is 15.9. The zero-order valence-electron chi connectivity index (χ0n) is 9.07. The summed E-state index contributed by atoms with van der Waals surface area (Å²) in [6.45, 7) is 1.06. The molecule has 0 amide bonds. The summed E-state index contributed by atoms with van der Waals surface area (Å²) >= 11 is 7.02. The average Bonchev–Trinajstić information content (AvgIpc) is 2.22. The highest BCUT2D eigenvalue weighted by molar-refractivity contribution is 9.10. The van der Waals surface area contributed by atoms with Gasteiger partial charge in [-0.3, -0.25) is 0 Å². The minimum Gasteiger partial charge on any atom is -0.353 e. The lowest BCUT2D eigenvalue weighted by molar-refractivity contribution is 0.383. The molecule has 0 bridgehead atoms. The highest BCUT2D eigenvalue weighted by atomic mass is 79.9. The zero-order chi connectivity index (χ0) is 11.4. The van der Waals surface area contributed by atoms with Gasteiger partial charge in [0, 0.05) is 24.1 Å². The largest absolute Gasteiger partial charge is 0.353 e. The maximum Gasteiger partial charge on any atom is 0.146 e. The van der Waals surface area contributed by atoms with Gasteiger partial charge in [0.05, 0.1) is 4.47 Å². The minimum atomic E-state index is 0.672. The summed E-state index contributed by atoms with van der Waals surface area (Å²) in [5, 5.41) is 1.04. The highest BCUT2D eigenvalue weighted by Crippen LogP contribution is 2.32. The quantitative estimate of drug-likeness (QED) is 0.764. The fourth-order valence-electron chi connectivity index (χ4n) is 1.91. The van der Waals surface area contributed by atoms with Gasteiger partial charge in [-0.2, -0.15) is 0 Å². The van der Waals surface area contributed by atoms with E-state index >= 15 is 0 Å². The molecule has 2 rings (SSSR count). The van der Waals surface area contributed by atoms with E-state index in [1.807, 2.05) is 6.20 Å². The van der Waals surface area contributed by atoms with Crippen molar-refractivity contribution < 1.29 is 0 Å². The maximum absolute atomic E-state index is 4.39. The maximum atomic E-state index is 4.39. The predicted molar refractivity (Wildman–Crippen MR) is 73.1 cm³/mol. The lowest BCUT2D eigenvalue weighted by atomic mass is 9.91. The van der Waals surface area contributed by atoms with Crippen LogP contribution in [0.2, 0.25) is 0 Å². The van der Waals surface area contributed by atoms with E-state index in [0.717, 1.165) is 28.6 Å². The van der Waals surface area contributed by atoms with Gasteiger partial charge in [0.25, 0.3) is 0 Å². The number of nitrogens with zero attached hydrogens (tertiary/aromatic N) is 3. The fraction of sp³-hybridized carbons (Fsp3) is 0.636. The topological polar surface area (TPSA) is 29.0 Å². The van der Waals surface area contributed by atoms with Crippen LogP contribution < -0.4 is 4.90 Å². The van der Waals surface area contributed by atoms with E-state index < -0.39 is 0 Å². The summed E-state index contributed by atoms with van der Waals surface area (Å²) in [6.07, 6.45) is 8.52. The van der Waals surface area contributed by atoms with Gasteiger partial charge in [-0.1, -0.05) is 15.9 Å². The molecule has 0 spiro atoms. The van der Waals surface area contributed by atoms with Crippen LogP contribution in [0.15, 0.2) is 17.0 Å². The van der Waals surface area contributed by atoms with Crippen LogP contribution in [-0.4, -0.2) is 27.9 Å². The van der Waals surface area contributed by atoms with Crippen molar-refractivity contribution in [3.63, 3.8) is 0 Å². The van der Waals surface area contributed by atoms with Crippen molar-refractivity contribution in [3.05, 3.63) is 17.0 Å². The molecule has 1 heterocycles. The molecule has 1 aromatic heterocycles. The van der Waals surface area contributed by atoms with E-state index in [-0.39, 0.29) is 0 Å². The van der Waals surface area contributed by atoms with E-state index in [9.17, 15) is 0 Å². The number of hydrogen-bond donors (Lipinski definition) is 0. The first-order valence-corrected chi connectivity index (χ1v) is 7.52. The number of halogens is 2. The molecular formula is C11H15Br2N3. The molecule has 1 fully saturated rings. The Balaban J connectivity index is 2.13. The molecular weight excluding hydrogens is 334 g/mol. The molecule has 0 saturated heterocycles. The van der Waals surface area contributed by atoms with Crippen molar-refractivity contribution >= 4 is 37.7 Å². The third-order valence-corrected chi connectivity index (χ3v) is 4.09. The van der Waals surface area contributed by atoms with Crippen molar-refractivity contribution in [2.24, 2.45) is 0 Å². The van der Waals surface area contributed by atoms with Crippen molar-refractivity contribution in [1.82, 2.24) is 9.97 Å². The number of aromatic nitrogens is 2. The zero-order valence-corrected chi connectivity index (χ0v) is 12.2. The fourth-order valence-corrected chi connectivity index (χ4v) is 2.61. The molecule has 0 aromatic carbocycles. The summed E-state index contributed by atoms with van der Waals surface area (Å²) in [4.78, 5) is 10.8. The standard InChI is InChI=1S/C11H15Br2N3/c12-5-2-6-16(9-3-1-4-9)11-10(13)7-14-8-15-11/h7-9H,1-6H2. The Hall–Kier alpha value is -0.160. The summed E-state index contributed by atoms with van der Waals surface area (Å²) in [7, 11) is 0. The monoisotopic (exact) mass is 347 g/mol. The van der Waals surface area contributed by atoms with E-state index in [0.29, 0.717) is 6.04 Å². The summed E-state index contributed by atoms with van der Waals surface area (Å²) in [6, 6.07) is 0.672. The van der Waals surface area contributed by atoms with Crippen LogP contribution in [0, 0.1) is 0 Å². The van der Waals surface area contributed by atoms with Crippen LogP contribution in [0.3, 0.4) is 0 Å². The molecule has 3 nitrogen and oxygen atoms in total. The minimum absolute atomic E-state index is 0.672. The van der Waals surface area contributed by atoms with Crippen molar-refractivity contribution in [2.75, 3.05) is 16.8 Å². The van der Waals surface area contributed by atoms with Gasteiger partial charge in [0.2, 0.25) is 0 Å². The summed E-state index contributed by atoms with van der Waals surface area (Å²) in [5.74, 6) is 1.04. The molecule has 1 aliphatic rings. The Kier molecular flexibility index (Phi) is 4.58. The Morgan fingerprint density at radius 3 is 2.81 bits per heavy atom. The van der Waals surface area contributed by atoms with Gasteiger partial charge in [0.15, 0.2) is 0 Å². The lowest BCUT2D eigenvalue weighted by Crippen LogP contribution is -2.41. The SMILES string of the molecule is BrCCCN(c1ncncc1Br)C1CCC1. The molecule has 88 valence electrons. The molecule has 5 heteroatoms. The first-order valence-electron chi connectivity index (χ1n) is 5.61. The number of rotatable bonds is 5. The van der Waals surface area contributed by atoms with Crippen LogP contribution in [0.4, 0.5) is 5.82 Å². The second-order valence-corrected chi connectivity index (χ2v) is 5.66. The van der Waals surface area contributed by atoms with Gasteiger partial charge in [-0.25, -0.2) is 9.97 Å². The molecule has 1 saturated carbocycles. The number of hydrogen-bond acceptors (Lipinski definition) is 3. The molecule has 16 heavy (non-hydrogen) atoms. The molecule has 0 atom stereocenters. The predicted octanol–water partition coefficient (Wildman–Crippen LogP) is 3.38. The Labute approximate surface area is 113 Å². The molecule has 1 aromatic rings. The number of alkyl halides is 1. The average molecular weight is 349 g/mol. The van der Waals surface area contributed by atoms with Gasteiger partial charge in [0.1, 0.15) is 12.1 Å². The van der Waals surface area contributed by atoms with E-state index in [1.165, 1.54) is 19.3 Å². The van der Waals surface area contributed by atoms with Crippen molar-refractivity contribution in [3.8, 4) is 0 Å². The Morgan fingerprint density at radius 2 is 2.25 bits per heavy atom. The van der Waals surface area contributed by atoms with E-state index in [1.54, 1.807) is 6.33 Å². The lowest BCUT2D eigenvalue weighted by Gasteiger charge is -2.38. The second kappa shape index (κ2) is 5.96. The molecule has 0 N–H and O–H groups in total. The Morgan fingerprint density at radius 1 is 1.44 bits per heavy atom. The van der Waals surface area contributed by atoms with Crippen molar-refractivity contribution in [1.29, 1.82) is 0 Å². The van der Waals surface area contributed by atoms with E-state index in [2.05, 4.69) is 46.7 Å². The molecule has 0 unspecified atom stereocenters. The first-order chi connectivity index (χ1) is 7.83. The van der Waals surface area contributed by atoms with Gasteiger partial charge in [-0.05, 0) is 41.6 Å². The highest BCUT2D eigenvalue weighted by Gasteiger charge is 2.26. The van der Waals surface area contributed by atoms with Gasteiger partial charge >= 0.3 is 0 Å². The third kappa shape index (κ3) is 2.74. The van der Waals surface area contributed by atoms with Crippen LogP contribution in [0.1, 0.15) is 25.7 Å². The van der Waals surface area contributed by atoms with Crippen LogP contribution in [-0.2, 0) is 0 Å². The smallest absolute Gasteiger partial charge is 0.146 e. The number of anilines is 1. The molecule has 0 radical (unpaired) electrons. The van der Waals surface area contributed by atoms with Crippen LogP contribution in [0.5, 0.6) is 0 Å².